The van der Waals surface area contributed by atoms with Crippen LogP contribution in [0.1, 0.15) is 15.4 Å². The first-order valence-corrected chi connectivity index (χ1v) is 8.67. The van der Waals surface area contributed by atoms with Crippen molar-refractivity contribution in [2.75, 3.05) is 17.7 Å². The summed E-state index contributed by atoms with van der Waals surface area (Å²) < 4.78 is 0. The minimum atomic E-state index is -0.327. The number of carbonyl (C=O) groups is 2. The summed E-state index contributed by atoms with van der Waals surface area (Å²) in [7, 11) is 1.53. The molecule has 3 N–H and O–H groups in total. The van der Waals surface area contributed by atoms with Crippen molar-refractivity contribution in [1.82, 2.24) is 15.3 Å². The van der Waals surface area contributed by atoms with Crippen molar-refractivity contribution in [1.29, 1.82) is 0 Å². The number of hydrogen-bond acceptors (Lipinski definition) is 5. The van der Waals surface area contributed by atoms with Crippen LogP contribution < -0.4 is 16.0 Å². The fraction of sp³-hybridized carbons (Fsp3) is 0.111. The largest absolute Gasteiger partial charge is 0.341 e. The molecule has 0 radical (unpaired) electrons. The monoisotopic (exact) mass is 367 g/mol. The van der Waals surface area contributed by atoms with E-state index in [1.54, 1.807) is 37.4 Å². The SMILES string of the molecule is CNC(=O)Nc1cccc(NC(=O)c2sc(-c3ccccn3)nc2C)c1. The van der Waals surface area contributed by atoms with E-state index < -0.39 is 0 Å². The maximum absolute atomic E-state index is 12.6. The molecular weight excluding hydrogens is 350 g/mol. The van der Waals surface area contributed by atoms with Crippen LogP contribution >= 0.6 is 11.3 Å². The maximum atomic E-state index is 12.6. The molecule has 3 rings (SSSR count). The molecule has 7 nitrogen and oxygen atoms in total. The Morgan fingerprint density at radius 1 is 1.04 bits per heavy atom. The highest BCUT2D eigenvalue weighted by Crippen LogP contribution is 2.27. The third kappa shape index (κ3) is 4.04. The van der Waals surface area contributed by atoms with E-state index in [4.69, 9.17) is 0 Å². The number of aromatic nitrogens is 2. The fourth-order valence-electron chi connectivity index (χ4n) is 2.26. The Morgan fingerprint density at radius 2 is 1.81 bits per heavy atom. The summed E-state index contributed by atoms with van der Waals surface area (Å²) in [6.45, 7) is 1.79. The van der Waals surface area contributed by atoms with Crippen LogP contribution in [0.3, 0.4) is 0 Å². The van der Waals surface area contributed by atoms with Gasteiger partial charge in [-0.3, -0.25) is 9.78 Å². The lowest BCUT2D eigenvalue weighted by molar-refractivity contribution is 0.103. The Balaban J connectivity index is 1.77. The Kier molecular flexibility index (Phi) is 5.23. The predicted octanol–water partition coefficient (Wildman–Crippen LogP) is 3.52. The number of benzene rings is 1. The van der Waals surface area contributed by atoms with Crippen LogP contribution in [-0.4, -0.2) is 29.0 Å². The lowest BCUT2D eigenvalue weighted by Crippen LogP contribution is -2.24. The van der Waals surface area contributed by atoms with Gasteiger partial charge in [-0.15, -0.1) is 11.3 Å². The summed E-state index contributed by atoms with van der Waals surface area (Å²) in [4.78, 5) is 33.2. The zero-order valence-electron chi connectivity index (χ0n) is 14.2. The van der Waals surface area contributed by atoms with Crippen molar-refractivity contribution in [2.45, 2.75) is 6.92 Å². The van der Waals surface area contributed by atoms with Crippen molar-refractivity contribution in [3.05, 3.63) is 59.2 Å². The standard InChI is InChI=1S/C18H17N5O2S/c1-11-15(26-17(21-11)14-8-3-4-9-20-14)16(24)22-12-6-5-7-13(10-12)23-18(25)19-2/h3-10H,1-2H3,(H,22,24)(H2,19,23,25). The van der Waals surface area contributed by atoms with Crippen LogP contribution in [0, 0.1) is 6.92 Å². The maximum Gasteiger partial charge on any atom is 0.318 e. The van der Waals surface area contributed by atoms with E-state index >= 15 is 0 Å². The van der Waals surface area contributed by atoms with Crippen molar-refractivity contribution in [3.8, 4) is 10.7 Å². The van der Waals surface area contributed by atoms with Gasteiger partial charge < -0.3 is 16.0 Å². The van der Waals surface area contributed by atoms with Crippen LogP contribution in [0.5, 0.6) is 0 Å². The Morgan fingerprint density at radius 3 is 2.50 bits per heavy atom. The molecule has 0 aliphatic carbocycles. The molecule has 8 heteroatoms. The summed E-state index contributed by atoms with van der Waals surface area (Å²) in [6.07, 6.45) is 1.69. The van der Waals surface area contributed by atoms with E-state index in [0.29, 0.717) is 27.0 Å². The molecule has 0 aliphatic rings. The molecule has 0 saturated heterocycles. The van der Waals surface area contributed by atoms with Crippen LogP contribution in [0.4, 0.5) is 16.2 Å². The summed E-state index contributed by atoms with van der Waals surface area (Å²) in [5.74, 6) is -0.251. The fourth-order valence-corrected chi connectivity index (χ4v) is 3.20. The summed E-state index contributed by atoms with van der Waals surface area (Å²) in [5, 5.41) is 8.67. The number of urea groups is 1. The zero-order valence-corrected chi connectivity index (χ0v) is 15.1. The minimum absolute atomic E-state index is 0.251. The molecule has 3 amide bonds. The molecule has 0 fully saturated rings. The van der Waals surface area contributed by atoms with Gasteiger partial charge in [-0.2, -0.15) is 0 Å². The van der Waals surface area contributed by atoms with Gasteiger partial charge in [0.2, 0.25) is 0 Å². The lowest BCUT2D eigenvalue weighted by atomic mass is 10.2. The van der Waals surface area contributed by atoms with Crippen LogP contribution in [0.25, 0.3) is 10.7 Å². The molecule has 0 unspecified atom stereocenters. The molecule has 2 aromatic heterocycles. The van der Waals surface area contributed by atoms with Crippen LogP contribution in [0.2, 0.25) is 0 Å². The first-order valence-electron chi connectivity index (χ1n) is 7.86. The molecule has 1 aromatic carbocycles. The number of rotatable bonds is 4. The minimum Gasteiger partial charge on any atom is -0.341 e. The third-order valence-corrected chi connectivity index (χ3v) is 4.67. The smallest absolute Gasteiger partial charge is 0.318 e. The molecule has 0 bridgehead atoms. The second-order valence-electron chi connectivity index (χ2n) is 5.39. The molecule has 0 atom stereocenters. The molecule has 0 spiro atoms. The number of pyridine rings is 1. The van der Waals surface area contributed by atoms with Crippen molar-refractivity contribution in [2.24, 2.45) is 0 Å². The number of nitrogens with one attached hydrogen (secondary N) is 3. The number of anilines is 2. The van der Waals surface area contributed by atoms with E-state index in [2.05, 4.69) is 25.9 Å². The number of carbonyl (C=O) groups excluding carboxylic acids is 2. The summed E-state index contributed by atoms with van der Waals surface area (Å²) in [6, 6.07) is 12.2. The molecular formula is C18H17N5O2S. The number of hydrogen-bond donors (Lipinski definition) is 3. The molecule has 3 aromatic rings. The normalized spacial score (nSPS) is 10.2. The summed E-state index contributed by atoms with van der Waals surface area (Å²) >= 11 is 1.29. The second-order valence-corrected chi connectivity index (χ2v) is 6.39. The molecule has 2 heterocycles. The van der Waals surface area contributed by atoms with Crippen molar-refractivity contribution >= 4 is 34.6 Å². The Labute approximate surface area is 154 Å². The van der Waals surface area contributed by atoms with Crippen molar-refractivity contribution < 1.29 is 9.59 Å². The van der Waals surface area contributed by atoms with Gasteiger partial charge in [0.15, 0.2) is 0 Å². The van der Waals surface area contributed by atoms with Gasteiger partial charge in [0.1, 0.15) is 9.88 Å². The van der Waals surface area contributed by atoms with Gasteiger partial charge in [0, 0.05) is 24.6 Å². The van der Waals surface area contributed by atoms with E-state index in [1.807, 2.05) is 18.2 Å². The van der Waals surface area contributed by atoms with Gasteiger partial charge >= 0.3 is 6.03 Å². The topological polar surface area (TPSA) is 96.0 Å². The zero-order chi connectivity index (χ0) is 18.5. The highest BCUT2D eigenvalue weighted by Gasteiger charge is 2.17. The second kappa shape index (κ2) is 7.75. The highest BCUT2D eigenvalue weighted by molar-refractivity contribution is 7.17. The van der Waals surface area contributed by atoms with Crippen LogP contribution in [0.15, 0.2) is 48.7 Å². The van der Waals surface area contributed by atoms with Gasteiger partial charge in [-0.05, 0) is 37.3 Å². The van der Waals surface area contributed by atoms with E-state index in [1.165, 1.54) is 18.4 Å². The number of thiazole rings is 1. The molecule has 26 heavy (non-hydrogen) atoms. The number of aryl methyl sites for hydroxylation is 1. The average Bonchev–Trinajstić information content (AvgIpc) is 3.04. The highest BCUT2D eigenvalue weighted by atomic mass is 32.1. The third-order valence-electron chi connectivity index (χ3n) is 3.49. The van der Waals surface area contributed by atoms with E-state index in [-0.39, 0.29) is 11.9 Å². The van der Waals surface area contributed by atoms with Gasteiger partial charge in [0.25, 0.3) is 5.91 Å². The molecule has 132 valence electrons. The molecule has 0 saturated carbocycles. The quantitative estimate of drug-likeness (QED) is 0.657. The molecule has 0 aliphatic heterocycles. The lowest BCUT2D eigenvalue weighted by Gasteiger charge is -2.08. The Hall–Kier alpha value is -3.26. The van der Waals surface area contributed by atoms with Gasteiger partial charge in [-0.1, -0.05) is 12.1 Å². The number of nitrogens with zero attached hydrogens (tertiary/aromatic N) is 2. The summed E-state index contributed by atoms with van der Waals surface area (Å²) in [5.41, 5.74) is 2.54. The first-order chi connectivity index (χ1) is 12.6. The van der Waals surface area contributed by atoms with Crippen molar-refractivity contribution in [3.63, 3.8) is 0 Å². The van der Waals surface area contributed by atoms with Crippen LogP contribution in [-0.2, 0) is 0 Å². The van der Waals surface area contributed by atoms with E-state index in [0.717, 1.165) is 5.69 Å². The van der Waals surface area contributed by atoms with Gasteiger partial charge in [-0.25, -0.2) is 9.78 Å². The Bertz CT molecular complexity index is 940. The average molecular weight is 367 g/mol. The first kappa shape index (κ1) is 17.6. The number of amides is 3. The van der Waals surface area contributed by atoms with E-state index in [9.17, 15) is 9.59 Å². The predicted molar refractivity (Wildman–Crippen MR) is 103 cm³/mol. The van der Waals surface area contributed by atoms with Gasteiger partial charge in [0.05, 0.1) is 11.4 Å².